The molecule has 0 amide bonds. The van der Waals surface area contributed by atoms with Crippen LogP contribution in [0.4, 0.5) is 0 Å². The molecule has 0 atom stereocenters. The van der Waals surface area contributed by atoms with Crippen molar-refractivity contribution < 1.29 is 0 Å². The molecule has 1 radical (unpaired) electrons. The van der Waals surface area contributed by atoms with Crippen LogP contribution >= 0.6 is 12.6 Å². The molecule has 0 aliphatic rings. The zero-order chi connectivity index (χ0) is 7.72. The van der Waals surface area contributed by atoms with E-state index in [1.54, 1.807) is 14.0 Å². The minimum Gasteiger partial charge on any atom is -0.290 e. The molecule has 4 heteroatoms. The van der Waals surface area contributed by atoms with Gasteiger partial charge in [0.1, 0.15) is 0 Å². The van der Waals surface area contributed by atoms with Crippen LogP contribution in [0.1, 0.15) is 5.69 Å². The molecule has 0 aromatic carbocycles. The quantitative estimate of drug-likeness (QED) is 0.428. The Morgan fingerprint density at radius 1 is 1.70 bits per heavy atom. The van der Waals surface area contributed by atoms with Crippen molar-refractivity contribution in [3.63, 3.8) is 0 Å². The zero-order valence-electron chi connectivity index (χ0n) is 5.75. The van der Waals surface area contributed by atoms with E-state index in [2.05, 4.69) is 23.7 Å². The second kappa shape index (κ2) is 2.46. The molecule has 0 bridgehead atoms. The van der Waals surface area contributed by atoms with E-state index >= 15 is 0 Å². The molecule has 1 rings (SSSR count). The van der Waals surface area contributed by atoms with E-state index in [-0.39, 0.29) is 5.56 Å². The molecule has 0 N–H and O–H groups in total. The summed E-state index contributed by atoms with van der Waals surface area (Å²) >= 11 is 3.97. The molecule has 0 saturated heterocycles. The normalized spacial score (nSPS) is 9.90. The fourth-order valence-electron chi connectivity index (χ4n) is 0.582. The first-order valence-corrected chi connectivity index (χ1v) is 3.22. The van der Waals surface area contributed by atoms with Crippen molar-refractivity contribution in [2.24, 2.45) is 7.05 Å². The van der Waals surface area contributed by atoms with E-state index in [1.165, 1.54) is 4.57 Å². The van der Waals surface area contributed by atoms with Gasteiger partial charge in [-0.05, 0) is 6.92 Å². The minimum atomic E-state index is -0.197. The Balaban J connectivity index is 3.46. The van der Waals surface area contributed by atoms with Crippen LogP contribution in [-0.4, -0.2) is 9.55 Å². The van der Waals surface area contributed by atoms with Crippen molar-refractivity contribution in [2.75, 3.05) is 0 Å². The van der Waals surface area contributed by atoms with Gasteiger partial charge in [-0.2, -0.15) is 0 Å². The molecule has 3 nitrogen and oxygen atoms in total. The van der Waals surface area contributed by atoms with Crippen molar-refractivity contribution in [3.8, 4) is 0 Å². The summed E-state index contributed by atoms with van der Waals surface area (Å²) in [6.45, 7) is 1.71. The van der Waals surface area contributed by atoms with Crippen molar-refractivity contribution in [2.45, 2.75) is 12.1 Å². The van der Waals surface area contributed by atoms with Crippen LogP contribution in [0.15, 0.2) is 9.95 Å². The lowest BCUT2D eigenvalue weighted by molar-refractivity contribution is 0.700. The standard InChI is InChI=1S/C6H7N2OS/c1-4-3-5(9)8(2)6(10)7-4/h1-2H3,(H,7,10). The van der Waals surface area contributed by atoms with Crippen LogP contribution in [0.5, 0.6) is 0 Å². The van der Waals surface area contributed by atoms with Crippen LogP contribution in [0.3, 0.4) is 0 Å². The zero-order valence-corrected chi connectivity index (χ0v) is 6.64. The Morgan fingerprint density at radius 3 is 2.80 bits per heavy atom. The van der Waals surface area contributed by atoms with Crippen molar-refractivity contribution in [1.29, 1.82) is 0 Å². The number of aromatic nitrogens is 2. The number of thiol groups is 1. The Labute approximate surface area is 64.1 Å². The van der Waals surface area contributed by atoms with Gasteiger partial charge in [0, 0.05) is 7.05 Å². The molecular formula is C6H7N2OS. The lowest BCUT2D eigenvalue weighted by Crippen LogP contribution is -2.18. The maximum atomic E-state index is 10.9. The number of hydrogen-bond donors (Lipinski definition) is 1. The average molecular weight is 155 g/mol. The number of rotatable bonds is 0. The molecule has 0 aliphatic carbocycles. The van der Waals surface area contributed by atoms with Gasteiger partial charge < -0.3 is 0 Å². The Morgan fingerprint density at radius 2 is 2.30 bits per heavy atom. The summed E-state index contributed by atoms with van der Waals surface area (Å²) in [5.41, 5.74) is 0.380. The lowest BCUT2D eigenvalue weighted by Gasteiger charge is -1.99. The van der Waals surface area contributed by atoms with Gasteiger partial charge in [-0.3, -0.25) is 9.36 Å². The first kappa shape index (κ1) is 7.34. The summed E-state index contributed by atoms with van der Waals surface area (Å²) in [5, 5.41) is 0.418. The van der Waals surface area contributed by atoms with Gasteiger partial charge in [-0.15, -0.1) is 12.6 Å². The summed E-state index contributed by atoms with van der Waals surface area (Å²) < 4.78 is 1.33. The average Bonchev–Trinajstić information content (AvgIpc) is 1.82. The third-order valence-electron chi connectivity index (χ3n) is 1.16. The Hall–Kier alpha value is -0.770. The van der Waals surface area contributed by atoms with Gasteiger partial charge in [0.15, 0.2) is 5.16 Å². The van der Waals surface area contributed by atoms with Crippen molar-refractivity contribution in [1.82, 2.24) is 9.55 Å². The third-order valence-corrected chi connectivity index (χ3v) is 1.56. The van der Waals surface area contributed by atoms with Gasteiger partial charge in [-0.1, -0.05) is 0 Å². The monoisotopic (exact) mass is 155 g/mol. The third kappa shape index (κ3) is 1.21. The van der Waals surface area contributed by atoms with Gasteiger partial charge in [0.2, 0.25) is 0 Å². The highest BCUT2D eigenvalue weighted by Crippen LogP contribution is 1.95. The molecule has 0 spiro atoms. The molecule has 10 heavy (non-hydrogen) atoms. The summed E-state index contributed by atoms with van der Waals surface area (Å²) in [6, 6.07) is 2.53. The molecule has 0 fully saturated rings. The van der Waals surface area contributed by atoms with Gasteiger partial charge in [0.25, 0.3) is 5.56 Å². The summed E-state index contributed by atoms with van der Waals surface area (Å²) in [7, 11) is 1.60. The lowest BCUT2D eigenvalue weighted by atomic mass is 10.4. The SMILES string of the molecule is Cc1[c]c(=O)n(C)c(S)n1. The summed E-state index contributed by atoms with van der Waals surface area (Å²) in [6.07, 6.45) is 0. The van der Waals surface area contributed by atoms with Crippen LogP contribution in [0.2, 0.25) is 0 Å². The molecule has 53 valence electrons. The highest BCUT2D eigenvalue weighted by atomic mass is 32.1. The second-order valence-corrected chi connectivity index (χ2v) is 2.39. The highest BCUT2D eigenvalue weighted by molar-refractivity contribution is 7.80. The number of hydrogen-bond acceptors (Lipinski definition) is 3. The fraction of sp³-hybridized carbons (Fsp3) is 0.333. The predicted molar refractivity (Wildman–Crippen MR) is 40.3 cm³/mol. The molecule has 0 saturated carbocycles. The van der Waals surface area contributed by atoms with E-state index in [9.17, 15) is 4.79 Å². The van der Waals surface area contributed by atoms with Gasteiger partial charge in [-0.25, -0.2) is 4.98 Å². The van der Waals surface area contributed by atoms with E-state index in [1.807, 2.05) is 0 Å². The maximum Gasteiger partial charge on any atom is 0.262 e. The largest absolute Gasteiger partial charge is 0.290 e. The molecule has 1 aromatic rings. The summed E-state index contributed by atoms with van der Waals surface area (Å²) in [4.78, 5) is 14.8. The molecule has 1 heterocycles. The van der Waals surface area contributed by atoms with Crippen LogP contribution < -0.4 is 5.56 Å². The van der Waals surface area contributed by atoms with E-state index in [4.69, 9.17) is 0 Å². The molecule has 0 aliphatic heterocycles. The van der Waals surface area contributed by atoms with E-state index < -0.39 is 0 Å². The van der Waals surface area contributed by atoms with Crippen LogP contribution in [-0.2, 0) is 7.05 Å². The van der Waals surface area contributed by atoms with Crippen molar-refractivity contribution >= 4 is 12.6 Å². The molecular weight excluding hydrogens is 148 g/mol. The summed E-state index contributed by atoms with van der Waals surface area (Å²) in [5.74, 6) is 0. The first-order valence-electron chi connectivity index (χ1n) is 2.77. The topological polar surface area (TPSA) is 34.9 Å². The maximum absolute atomic E-state index is 10.9. The predicted octanol–water partition coefficient (Wildman–Crippen LogP) is 0.178. The van der Waals surface area contributed by atoms with Gasteiger partial charge in [0.05, 0.1) is 11.8 Å². The molecule has 0 unspecified atom stereocenters. The Bertz CT molecular complexity index is 305. The molecule has 1 aromatic heterocycles. The smallest absolute Gasteiger partial charge is 0.262 e. The Kier molecular flexibility index (Phi) is 1.80. The van der Waals surface area contributed by atoms with E-state index in [0.717, 1.165) is 0 Å². The minimum absolute atomic E-state index is 0.197. The second-order valence-electron chi connectivity index (χ2n) is 1.99. The van der Waals surface area contributed by atoms with Gasteiger partial charge >= 0.3 is 0 Å². The van der Waals surface area contributed by atoms with Crippen molar-refractivity contribution in [3.05, 3.63) is 22.1 Å². The van der Waals surface area contributed by atoms with E-state index in [0.29, 0.717) is 10.9 Å². The van der Waals surface area contributed by atoms with Crippen LogP contribution in [0.25, 0.3) is 0 Å². The fourth-order valence-corrected chi connectivity index (χ4v) is 0.823. The van der Waals surface area contributed by atoms with Crippen LogP contribution in [0, 0.1) is 13.0 Å². The number of aryl methyl sites for hydroxylation is 1. The first-order chi connectivity index (χ1) is 4.61. The number of nitrogens with zero attached hydrogens (tertiary/aromatic N) is 2. The highest BCUT2D eigenvalue weighted by Gasteiger charge is 1.97.